The summed E-state index contributed by atoms with van der Waals surface area (Å²) in [4.78, 5) is 19.0. The number of nitrogens with zero attached hydrogens (tertiary/aromatic N) is 2. The Morgan fingerprint density at radius 1 is 1.36 bits per heavy atom. The molecule has 0 saturated carbocycles. The second-order valence-electron chi connectivity index (χ2n) is 4.26. The highest BCUT2D eigenvalue weighted by Gasteiger charge is 2.27. The predicted octanol–water partition coefficient (Wildman–Crippen LogP) is 1.48. The van der Waals surface area contributed by atoms with E-state index in [4.69, 9.17) is 4.84 Å². The second kappa shape index (κ2) is 4.17. The minimum absolute atomic E-state index is 0.0639. The third-order valence-electron chi connectivity index (χ3n) is 2.89. The maximum atomic E-state index is 11.9. The van der Waals surface area contributed by atoms with Crippen LogP contribution < -0.4 is 0 Å². The molecule has 80 valence electrons. The Kier molecular flexibility index (Phi) is 2.91. The van der Waals surface area contributed by atoms with Crippen molar-refractivity contribution in [1.29, 1.82) is 0 Å². The molecular weight excluding hydrogens is 180 g/mol. The molecule has 2 saturated heterocycles. The maximum Gasteiger partial charge on any atom is 0.343 e. The van der Waals surface area contributed by atoms with E-state index in [2.05, 4.69) is 6.92 Å². The highest BCUT2D eigenvalue weighted by atomic mass is 16.7. The van der Waals surface area contributed by atoms with Crippen LogP contribution in [-0.2, 0) is 4.84 Å². The molecule has 0 aromatic carbocycles. The van der Waals surface area contributed by atoms with Gasteiger partial charge in [0.2, 0.25) is 0 Å². The smallest absolute Gasteiger partial charge is 0.323 e. The van der Waals surface area contributed by atoms with Crippen LogP contribution in [0.1, 0.15) is 26.2 Å². The Morgan fingerprint density at radius 3 is 2.86 bits per heavy atom. The van der Waals surface area contributed by atoms with Crippen LogP contribution in [0.25, 0.3) is 0 Å². The Morgan fingerprint density at radius 2 is 2.21 bits per heavy atom. The van der Waals surface area contributed by atoms with Gasteiger partial charge in [-0.3, -0.25) is 4.84 Å². The Bertz CT molecular complexity index is 214. The molecule has 1 atom stereocenters. The van der Waals surface area contributed by atoms with Crippen molar-refractivity contribution < 1.29 is 9.63 Å². The third-order valence-corrected chi connectivity index (χ3v) is 2.89. The van der Waals surface area contributed by atoms with E-state index < -0.39 is 0 Å². The van der Waals surface area contributed by atoms with E-state index in [-0.39, 0.29) is 6.03 Å². The lowest BCUT2D eigenvalue weighted by atomic mass is 10.0. The first kappa shape index (κ1) is 9.77. The lowest BCUT2D eigenvalue weighted by molar-refractivity contribution is -0.0792. The Balaban J connectivity index is 1.89. The molecule has 4 heteroatoms. The van der Waals surface area contributed by atoms with Gasteiger partial charge in [-0.25, -0.2) is 9.86 Å². The van der Waals surface area contributed by atoms with Gasteiger partial charge in [-0.15, -0.1) is 0 Å². The normalized spacial score (nSPS) is 28.2. The molecule has 1 unspecified atom stereocenters. The van der Waals surface area contributed by atoms with E-state index in [9.17, 15) is 4.79 Å². The molecule has 2 heterocycles. The Hall–Kier alpha value is -0.770. The van der Waals surface area contributed by atoms with Crippen LogP contribution in [0.2, 0.25) is 0 Å². The first-order valence-corrected chi connectivity index (χ1v) is 5.47. The van der Waals surface area contributed by atoms with Crippen LogP contribution in [0, 0.1) is 5.92 Å². The van der Waals surface area contributed by atoms with Gasteiger partial charge < -0.3 is 4.90 Å². The van der Waals surface area contributed by atoms with E-state index in [1.165, 1.54) is 11.5 Å². The number of rotatable bonds is 0. The number of hydroxylamine groups is 2. The number of carbonyl (C=O) groups is 1. The summed E-state index contributed by atoms with van der Waals surface area (Å²) in [7, 11) is 0. The van der Waals surface area contributed by atoms with E-state index in [0.717, 1.165) is 32.5 Å². The van der Waals surface area contributed by atoms with Crippen molar-refractivity contribution in [3.8, 4) is 0 Å². The highest BCUT2D eigenvalue weighted by molar-refractivity contribution is 5.73. The molecule has 4 nitrogen and oxygen atoms in total. The van der Waals surface area contributed by atoms with Crippen molar-refractivity contribution in [2.75, 3.05) is 26.2 Å². The zero-order valence-corrected chi connectivity index (χ0v) is 8.74. The molecule has 2 amide bonds. The summed E-state index contributed by atoms with van der Waals surface area (Å²) in [5, 5.41) is 1.51. The lowest BCUT2D eigenvalue weighted by Crippen LogP contribution is -2.45. The van der Waals surface area contributed by atoms with Crippen LogP contribution >= 0.6 is 0 Å². The molecule has 2 aliphatic heterocycles. The summed E-state index contributed by atoms with van der Waals surface area (Å²) < 4.78 is 0. The zero-order chi connectivity index (χ0) is 9.97. The zero-order valence-electron chi connectivity index (χ0n) is 8.74. The van der Waals surface area contributed by atoms with Crippen molar-refractivity contribution >= 4 is 6.03 Å². The molecule has 0 aromatic heterocycles. The molecule has 2 fully saturated rings. The monoisotopic (exact) mass is 198 g/mol. The second-order valence-corrected chi connectivity index (χ2v) is 4.26. The van der Waals surface area contributed by atoms with E-state index >= 15 is 0 Å². The molecule has 0 radical (unpaired) electrons. The summed E-state index contributed by atoms with van der Waals surface area (Å²) >= 11 is 0. The first-order chi connectivity index (χ1) is 6.77. The Labute approximate surface area is 84.8 Å². The van der Waals surface area contributed by atoms with Gasteiger partial charge in [0.25, 0.3) is 0 Å². The number of urea groups is 1. The SMILES string of the molecule is CC1CCCN(C(=O)N2CCCO2)C1. The van der Waals surface area contributed by atoms with Gasteiger partial charge in [-0.05, 0) is 25.2 Å². The van der Waals surface area contributed by atoms with Crippen molar-refractivity contribution in [3.63, 3.8) is 0 Å². The number of likely N-dealkylation sites (tertiary alicyclic amines) is 1. The minimum Gasteiger partial charge on any atom is -0.323 e. The van der Waals surface area contributed by atoms with Crippen molar-refractivity contribution in [1.82, 2.24) is 9.96 Å². The van der Waals surface area contributed by atoms with Crippen molar-refractivity contribution in [2.24, 2.45) is 5.92 Å². The van der Waals surface area contributed by atoms with Crippen molar-refractivity contribution in [2.45, 2.75) is 26.2 Å². The largest absolute Gasteiger partial charge is 0.343 e. The number of hydrogen-bond donors (Lipinski definition) is 0. The fraction of sp³-hybridized carbons (Fsp3) is 0.900. The fourth-order valence-electron chi connectivity index (χ4n) is 2.12. The standard InChI is InChI=1S/C10H18N2O2/c1-9-4-2-5-11(8-9)10(13)12-6-3-7-14-12/h9H,2-8H2,1H3. The predicted molar refractivity (Wildman–Crippen MR) is 52.6 cm³/mol. The fourth-order valence-corrected chi connectivity index (χ4v) is 2.12. The lowest BCUT2D eigenvalue weighted by Gasteiger charge is -2.33. The van der Waals surface area contributed by atoms with Crippen LogP contribution in [0.4, 0.5) is 4.79 Å². The van der Waals surface area contributed by atoms with Crippen LogP contribution in [0.15, 0.2) is 0 Å². The van der Waals surface area contributed by atoms with Gasteiger partial charge in [0, 0.05) is 13.1 Å². The number of hydrogen-bond acceptors (Lipinski definition) is 2. The highest BCUT2D eigenvalue weighted by Crippen LogP contribution is 2.18. The van der Waals surface area contributed by atoms with Gasteiger partial charge in [0.05, 0.1) is 13.2 Å². The molecule has 0 bridgehead atoms. The van der Waals surface area contributed by atoms with Crippen LogP contribution in [0.3, 0.4) is 0 Å². The summed E-state index contributed by atoms with van der Waals surface area (Å²) in [6, 6.07) is 0.0639. The van der Waals surface area contributed by atoms with Crippen molar-refractivity contribution in [3.05, 3.63) is 0 Å². The van der Waals surface area contributed by atoms with E-state index in [1.54, 1.807) is 0 Å². The average Bonchev–Trinajstić information content (AvgIpc) is 2.69. The number of amides is 2. The topological polar surface area (TPSA) is 32.8 Å². The molecule has 2 rings (SSSR count). The summed E-state index contributed by atoms with van der Waals surface area (Å²) in [5.41, 5.74) is 0. The summed E-state index contributed by atoms with van der Waals surface area (Å²) in [5.74, 6) is 0.635. The van der Waals surface area contributed by atoms with E-state index in [0.29, 0.717) is 12.5 Å². The molecule has 0 aliphatic carbocycles. The van der Waals surface area contributed by atoms with Gasteiger partial charge in [-0.1, -0.05) is 6.92 Å². The van der Waals surface area contributed by atoms with Crippen LogP contribution in [0.5, 0.6) is 0 Å². The van der Waals surface area contributed by atoms with E-state index in [1.807, 2.05) is 4.90 Å². The molecule has 2 aliphatic rings. The van der Waals surface area contributed by atoms with Gasteiger partial charge in [0.1, 0.15) is 0 Å². The van der Waals surface area contributed by atoms with Crippen LogP contribution in [-0.4, -0.2) is 42.2 Å². The first-order valence-electron chi connectivity index (χ1n) is 5.47. The molecule has 0 N–H and O–H groups in total. The maximum absolute atomic E-state index is 11.9. The average molecular weight is 198 g/mol. The molecular formula is C10H18N2O2. The number of piperidine rings is 1. The van der Waals surface area contributed by atoms with Gasteiger partial charge in [-0.2, -0.15) is 0 Å². The van der Waals surface area contributed by atoms with Gasteiger partial charge >= 0.3 is 6.03 Å². The summed E-state index contributed by atoms with van der Waals surface area (Å²) in [6.45, 7) is 5.42. The van der Waals surface area contributed by atoms with Gasteiger partial charge in [0.15, 0.2) is 0 Å². The molecule has 0 spiro atoms. The quantitative estimate of drug-likeness (QED) is 0.590. The number of carbonyl (C=O) groups excluding carboxylic acids is 1. The summed E-state index contributed by atoms with van der Waals surface area (Å²) in [6.07, 6.45) is 3.33. The third kappa shape index (κ3) is 2.00. The minimum atomic E-state index is 0.0639. The molecule has 0 aromatic rings. The molecule has 14 heavy (non-hydrogen) atoms.